The number of ether oxygens (including phenoxy) is 1. The van der Waals surface area contributed by atoms with Gasteiger partial charge in [0.25, 0.3) is 0 Å². The molecule has 0 saturated carbocycles. The number of nitrogens with two attached hydrogens (primary N) is 1. The average molecular weight is 320 g/mol. The van der Waals surface area contributed by atoms with E-state index in [9.17, 15) is 26.7 Å². The summed E-state index contributed by atoms with van der Waals surface area (Å²) in [5, 5.41) is 0. The van der Waals surface area contributed by atoms with Crippen LogP contribution in [-0.2, 0) is 9.53 Å². The monoisotopic (exact) mass is 319 g/mol. The van der Waals surface area contributed by atoms with E-state index in [0.29, 0.717) is 0 Å². The number of alkyl halides is 2. The van der Waals surface area contributed by atoms with Gasteiger partial charge in [-0.3, -0.25) is 0 Å². The number of esters is 1. The fraction of sp³-hybridized carbons (Fsp3) is 0.364. The minimum atomic E-state index is -4.26. The fourth-order valence-corrected chi connectivity index (χ4v) is 1.33. The van der Waals surface area contributed by atoms with Crippen molar-refractivity contribution in [3.8, 4) is 0 Å². The average Bonchev–Trinajstić information content (AvgIpc) is 2.33. The Balaban J connectivity index is 0.00000361. The molecule has 0 saturated heterocycles. The van der Waals surface area contributed by atoms with Crippen molar-refractivity contribution >= 4 is 18.4 Å². The second-order valence-electron chi connectivity index (χ2n) is 3.61. The minimum Gasteiger partial charge on any atom is -0.462 e. The van der Waals surface area contributed by atoms with Crippen LogP contribution in [0.2, 0.25) is 0 Å². The van der Waals surface area contributed by atoms with Crippen LogP contribution < -0.4 is 5.73 Å². The van der Waals surface area contributed by atoms with Gasteiger partial charge in [-0.15, -0.1) is 12.4 Å². The van der Waals surface area contributed by atoms with Gasteiger partial charge in [-0.05, 0) is 13.0 Å². The molecule has 0 heterocycles. The Labute approximate surface area is 117 Å². The summed E-state index contributed by atoms with van der Waals surface area (Å²) in [6, 6.07) is -2.23. The number of rotatable bonds is 4. The highest BCUT2D eigenvalue weighted by Gasteiger charge is 2.48. The first kappa shape index (κ1) is 18.6. The molecule has 0 aliphatic carbocycles. The maximum Gasteiger partial charge on any atom is 0.379 e. The zero-order valence-electron chi connectivity index (χ0n) is 10.1. The molecule has 0 bridgehead atoms. The highest BCUT2D eigenvalue weighted by molar-refractivity contribution is 5.85. The summed E-state index contributed by atoms with van der Waals surface area (Å²) in [7, 11) is 0. The number of halogens is 6. The molecule has 0 aromatic heterocycles. The summed E-state index contributed by atoms with van der Waals surface area (Å²) in [5.74, 6) is -10.8. The van der Waals surface area contributed by atoms with E-state index in [1.165, 1.54) is 6.92 Å². The molecule has 2 N–H and O–H groups in total. The Morgan fingerprint density at radius 2 is 1.75 bits per heavy atom. The summed E-state index contributed by atoms with van der Waals surface area (Å²) < 4.78 is 70.0. The lowest BCUT2D eigenvalue weighted by Crippen LogP contribution is -2.42. The van der Waals surface area contributed by atoms with Crippen molar-refractivity contribution in [2.45, 2.75) is 18.9 Å². The third-order valence-corrected chi connectivity index (χ3v) is 2.31. The Bertz CT molecular complexity index is 498. The van der Waals surface area contributed by atoms with Gasteiger partial charge in [0.05, 0.1) is 6.61 Å². The van der Waals surface area contributed by atoms with Crippen molar-refractivity contribution < 1.29 is 31.5 Å². The second-order valence-corrected chi connectivity index (χ2v) is 3.61. The zero-order chi connectivity index (χ0) is 14.8. The molecular formula is C11H11ClF5NO2. The van der Waals surface area contributed by atoms with Gasteiger partial charge in [0, 0.05) is 11.6 Å². The van der Waals surface area contributed by atoms with E-state index in [4.69, 9.17) is 5.73 Å². The van der Waals surface area contributed by atoms with Gasteiger partial charge in [-0.1, -0.05) is 0 Å². The Hall–Kier alpha value is -1.41. The molecule has 1 aromatic rings. The van der Waals surface area contributed by atoms with Crippen LogP contribution >= 0.6 is 12.4 Å². The molecule has 114 valence electrons. The molecule has 0 aliphatic heterocycles. The first-order valence-corrected chi connectivity index (χ1v) is 5.16. The highest BCUT2D eigenvalue weighted by Crippen LogP contribution is 2.32. The van der Waals surface area contributed by atoms with Crippen LogP contribution in [0.1, 0.15) is 18.5 Å². The maximum absolute atomic E-state index is 13.5. The molecule has 0 unspecified atom stereocenters. The molecule has 1 aromatic carbocycles. The van der Waals surface area contributed by atoms with E-state index in [1.807, 2.05) is 0 Å². The third-order valence-electron chi connectivity index (χ3n) is 2.31. The van der Waals surface area contributed by atoms with Gasteiger partial charge < -0.3 is 10.5 Å². The van der Waals surface area contributed by atoms with E-state index < -0.39 is 40.9 Å². The molecule has 0 fully saturated rings. The van der Waals surface area contributed by atoms with Crippen LogP contribution in [0.4, 0.5) is 22.0 Å². The lowest BCUT2D eigenvalue weighted by molar-refractivity contribution is -0.174. The van der Waals surface area contributed by atoms with E-state index in [1.54, 1.807) is 0 Å². The first-order chi connectivity index (χ1) is 8.71. The molecule has 0 spiro atoms. The smallest absolute Gasteiger partial charge is 0.379 e. The Kier molecular flexibility index (Phi) is 6.36. The lowest BCUT2D eigenvalue weighted by Gasteiger charge is -2.22. The Morgan fingerprint density at radius 3 is 2.25 bits per heavy atom. The predicted molar refractivity (Wildman–Crippen MR) is 62.1 cm³/mol. The first-order valence-electron chi connectivity index (χ1n) is 5.16. The van der Waals surface area contributed by atoms with Gasteiger partial charge in [-0.2, -0.15) is 8.78 Å². The predicted octanol–water partition coefficient (Wildman–Crippen LogP) is 2.72. The largest absolute Gasteiger partial charge is 0.462 e. The van der Waals surface area contributed by atoms with Crippen LogP contribution in [-0.4, -0.2) is 18.5 Å². The maximum atomic E-state index is 13.5. The number of carbonyl (C=O) groups is 1. The number of benzene rings is 1. The van der Waals surface area contributed by atoms with Crippen molar-refractivity contribution in [1.82, 2.24) is 0 Å². The van der Waals surface area contributed by atoms with E-state index in [2.05, 4.69) is 4.74 Å². The van der Waals surface area contributed by atoms with Crippen molar-refractivity contribution in [1.29, 1.82) is 0 Å². The van der Waals surface area contributed by atoms with Crippen LogP contribution in [0.15, 0.2) is 12.1 Å². The van der Waals surface area contributed by atoms with E-state index in [-0.39, 0.29) is 31.1 Å². The molecule has 3 nitrogen and oxygen atoms in total. The van der Waals surface area contributed by atoms with Crippen LogP contribution in [0, 0.1) is 17.5 Å². The molecule has 0 aliphatic rings. The van der Waals surface area contributed by atoms with Gasteiger partial charge in [-0.25, -0.2) is 18.0 Å². The van der Waals surface area contributed by atoms with Gasteiger partial charge in [0.1, 0.15) is 11.9 Å². The molecule has 1 atom stereocenters. The van der Waals surface area contributed by atoms with Gasteiger partial charge in [0.2, 0.25) is 0 Å². The molecule has 9 heteroatoms. The summed E-state index contributed by atoms with van der Waals surface area (Å²) in [4.78, 5) is 11.0. The van der Waals surface area contributed by atoms with Crippen molar-refractivity contribution in [2.24, 2.45) is 5.73 Å². The standard InChI is InChI=1S/C11H10F5NO2.ClH/c1-2-19-10(18)11(15,16)9(17)5-3-7(13)8(14)4-6(5)12;/h3-4,9H,2,17H2,1H3;1H/t9-;/m1./s1. The van der Waals surface area contributed by atoms with Gasteiger partial charge >= 0.3 is 11.9 Å². The molecule has 0 radical (unpaired) electrons. The van der Waals surface area contributed by atoms with Crippen molar-refractivity contribution in [3.63, 3.8) is 0 Å². The minimum absolute atomic E-state index is 0. The molecule has 1 rings (SSSR count). The lowest BCUT2D eigenvalue weighted by atomic mass is 10.0. The normalized spacial score (nSPS) is 12.6. The zero-order valence-corrected chi connectivity index (χ0v) is 10.9. The number of carbonyl (C=O) groups excluding carboxylic acids is 1. The molecular weight excluding hydrogens is 309 g/mol. The van der Waals surface area contributed by atoms with E-state index >= 15 is 0 Å². The number of hydrogen-bond donors (Lipinski definition) is 1. The molecule has 20 heavy (non-hydrogen) atoms. The SMILES string of the molecule is CCOC(=O)C(F)(F)[C@H](N)c1cc(F)c(F)cc1F.Cl. The van der Waals surface area contributed by atoms with Crippen molar-refractivity contribution in [2.75, 3.05) is 6.61 Å². The molecule has 0 amide bonds. The van der Waals surface area contributed by atoms with Gasteiger partial charge in [0.15, 0.2) is 11.6 Å². The van der Waals surface area contributed by atoms with Crippen LogP contribution in [0.25, 0.3) is 0 Å². The number of hydrogen-bond acceptors (Lipinski definition) is 3. The third kappa shape index (κ3) is 3.57. The van der Waals surface area contributed by atoms with Crippen LogP contribution in [0.5, 0.6) is 0 Å². The topological polar surface area (TPSA) is 52.3 Å². The summed E-state index contributed by atoms with van der Waals surface area (Å²) in [6.07, 6.45) is 0. The summed E-state index contributed by atoms with van der Waals surface area (Å²) in [5.41, 5.74) is 4.03. The van der Waals surface area contributed by atoms with E-state index in [0.717, 1.165) is 0 Å². The van der Waals surface area contributed by atoms with Crippen LogP contribution in [0.3, 0.4) is 0 Å². The fourth-order valence-electron chi connectivity index (χ4n) is 1.33. The Morgan fingerprint density at radius 1 is 1.25 bits per heavy atom. The summed E-state index contributed by atoms with van der Waals surface area (Å²) in [6.45, 7) is 0.957. The second kappa shape index (κ2) is 6.85. The summed E-state index contributed by atoms with van der Waals surface area (Å²) >= 11 is 0. The quantitative estimate of drug-likeness (QED) is 0.527. The van der Waals surface area contributed by atoms with Crippen molar-refractivity contribution in [3.05, 3.63) is 35.1 Å². The highest BCUT2D eigenvalue weighted by atomic mass is 35.5.